The summed E-state index contributed by atoms with van der Waals surface area (Å²) >= 11 is 0. The number of piperazine rings is 1. The predicted molar refractivity (Wildman–Crippen MR) is 177 cm³/mol. The topological polar surface area (TPSA) is 52.0 Å². The number of hydrogen-bond donors (Lipinski definition) is 0. The van der Waals surface area contributed by atoms with E-state index in [1.807, 2.05) is 52.3 Å². The van der Waals surface area contributed by atoms with Crippen LogP contribution in [-0.2, 0) is 17.9 Å². The van der Waals surface area contributed by atoms with Crippen molar-refractivity contribution >= 4 is 17.5 Å². The van der Waals surface area contributed by atoms with Crippen LogP contribution < -0.4 is 4.90 Å². The van der Waals surface area contributed by atoms with E-state index in [0.29, 0.717) is 24.4 Å². The molecule has 0 N–H and O–H groups in total. The Kier molecular flexibility index (Phi) is 8.61. The van der Waals surface area contributed by atoms with Crippen molar-refractivity contribution < 1.29 is 9.59 Å². The fourth-order valence-corrected chi connectivity index (χ4v) is 6.95. The number of allylic oxidation sites excluding steroid dienone is 2. The first-order chi connectivity index (χ1) is 21.2. The SMILES string of the molecule is CN(C)CCCN1CCN(C(=O)c2ccc3n2Cc2ccccc2N(C(=O)C2=CC(C)(C)C(c4ccccc4)C=C2)C3)CC1. The Morgan fingerprint density at radius 1 is 0.864 bits per heavy atom. The third-order valence-electron chi connectivity index (χ3n) is 9.41. The van der Waals surface area contributed by atoms with E-state index in [4.69, 9.17) is 0 Å². The average molecular weight is 592 g/mol. The van der Waals surface area contributed by atoms with Crippen LogP contribution in [0.3, 0.4) is 0 Å². The lowest BCUT2D eigenvalue weighted by Crippen LogP contribution is -2.49. The number of amides is 2. The van der Waals surface area contributed by atoms with Gasteiger partial charge in [0.1, 0.15) is 5.69 Å². The molecule has 3 aliphatic rings. The molecule has 0 bridgehead atoms. The van der Waals surface area contributed by atoms with Crippen molar-refractivity contribution in [1.82, 2.24) is 19.3 Å². The highest BCUT2D eigenvalue weighted by molar-refractivity contribution is 6.08. The van der Waals surface area contributed by atoms with E-state index >= 15 is 0 Å². The molecular formula is C37H45N5O2. The summed E-state index contributed by atoms with van der Waals surface area (Å²) in [5.74, 6) is 0.261. The normalized spacial score (nSPS) is 19.8. The number of carbonyl (C=O) groups excluding carboxylic acids is 2. The molecule has 2 amide bonds. The lowest BCUT2D eigenvalue weighted by Gasteiger charge is -2.35. The molecule has 1 aliphatic carbocycles. The summed E-state index contributed by atoms with van der Waals surface area (Å²) in [5, 5.41) is 0. The minimum absolute atomic E-state index is 0.0128. The van der Waals surface area contributed by atoms with Gasteiger partial charge in [-0.05, 0) is 68.3 Å². The first-order valence-corrected chi connectivity index (χ1v) is 15.9. The molecule has 1 fully saturated rings. The molecule has 0 spiro atoms. The number of hydrogen-bond acceptors (Lipinski definition) is 4. The highest BCUT2D eigenvalue weighted by Gasteiger charge is 2.34. The van der Waals surface area contributed by atoms with Crippen LogP contribution in [0.5, 0.6) is 0 Å². The van der Waals surface area contributed by atoms with Crippen LogP contribution in [0, 0.1) is 5.41 Å². The monoisotopic (exact) mass is 591 g/mol. The Hall–Kier alpha value is -3.94. The standard InChI is InChI=1S/C37H45N5O2/c1-37(2)25-29(15-17-32(37)28-11-6-5-7-12-28)35(43)42-27-31-16-18-34(41(31)26-30-13-8-9-14-33(30)42)36(44)40-23-21-39(22-24-40)20-10-19-38(3)4/h5-9,11-18,25,32H,10,19-24,26-27H2,1-4H3. The quantitative estimate of drug-likeness (QED) is 0.369. The molecule has 1 saturated heterocycles. The van der Waals surface area contributed by atoms with Crippen LogP contribution in [0.25, 0.3) is 0 Å². The number of rotatable bonds is 7. The summed E-state index contributed by atoms with van der Waals surface area (Å²) in [4.78, 5) is 36.7. The molecule has 3 aromatic rings. The number of anilines is 1. The van der Waals surface area contributed by atoms with Gasteiger partial charge in [-0.3, -0.25) is 14.5 Å². The Bertz CT molecular complexity index is 1560. The number of para-hydroxylation sites is 1. The summed E-state index contributed by atoms with van der Waals surface area (Å²) in [5.41, 5.74) is 5.35. The minimum Gasteiger partial charge on any atom is -0.335 e. The van der Waals surface area contributed by atoms with Gasteiger partial charge in [-0.2, -0.15) is 0 Å². The third kappa shape index (κ3) is 6.17. The van der Waals surface area contributed by atoms with E-state index in [1.54, 1.807) is 0 Å². The second kappa shape index (κ2) is 12.6. The molecule has 44 heavy (non-hydrogen) atoms. The van der Waals surface area contributed by atoms with Gasteiger partial charge >= 0.3 is 0 Å². The highest BCUT2D eigenvalue weighted by atomic mass is 16.2. The molecule has 1 aromatic heterocycles. The summed E-state index contributed by atoms with van der Waals surface area (Å²) in [6.45, 7) is 10.8. The number of benzene rings is 2. The molecule has 7 heteroatoms. The van der Waals surface area contributed by atoms with Crippen molar-refractivity contribution in [3.63, 3.8) is 0 Å². The van der Waals surface area contributed by atoms with Gasteiger partial charge in [-0.25, -0.2) is 0 Å². The van der Waals surface area contributed by atoms with Crippen molar-refractivity contribution in [3.8, 4) is 0 Å². The summed E-state index contributed by atoms with van der Waals surface area (Å²) in [7, 11) is 4.22. The van der Waals surface area contributed by atoms with Gasteiger partial charge in [0.05, 0.1) is 13.1 Å². The molecule has 0 radical (unpaired) electrons. The Labute approximate surface area is 262 Å². The lowest BCUT2D eigenvalue weighted by atomic mass is 9.71. The second-order valence-electron chi connectivity index (χ2n) is 13.3. The van der Waals surface area contributed by atoms with Gasteiger partial charge in [0.15, 0.2) is 0 Å². The maximum absolute atomic E-state index is 14.3. The molecule has 1 unspecified atom stereocenters. The van der Waals surface area contributed by atoms with E-state index in [2.05, 4.69) is 84.8 Å². The summed E-state index contributed by atoms with van der Waals surface area (Å²) < 4.78 is 2.12. The number of carbonyl (C=O) groups is 2. The first-order valence-electron chi connectivity index (χ1n) is 15.9. The smallest absolute Gasteiger partial charge is 0.270 e. The molecule has 2 aliphatic heterocycles. The zero-order chi connectivity index (χ0) is 30.8. The van der Waals surface area contributed by atoms with Crippen molar-refractivity contribution in [2.24, 2.45) is 5.41 Å². The number of nitrogens with zero attached hydrogens (tertiary/aromatic N) is 5. The second-order valence-corrected chi connectivity index (χ2v) is 13.3. The van der Waals surface area contributed by atoms with E-state index in [0.717, 1.165) is 62.6 Å². The molecule has 3 heterocycles. The maximum Gasteiger partial charge on any atom is 0.270 e. The lowest BCUT2D eigenvalue weighted by molar-refractivity contribution is -0.115. The van der Waals surface area contributed by atoms with E-state index in [9.17, 15) is 9.59 Å². The Morgan fingerprint density at radius 2 is 1.59 bits per heavy atom. The van der Waals surface area contributed by atoms with E-state index in [-0.39, 0.29) is 23.1 Å². The highest BCUT2D eigenvalue weighted by Crippen LogP contribution is 2.42. The van der Waals surface area contributed by atoms with E-state index in [1.165, 1.54) is 5.56 Å². The van der Waals surface area contributed by atoms with Gasteiger partial charge in [0.2, 0.25) is 0 Å². The zero-order valence-electron chi connectivity index (χ0n) is 26.6. The van der Waals surface area contributed by atoms with Crippen LogP contribution in [0.1, 0.15) is 53.5 Å². The van der Waals surface area contributed by atoms with Gasteiger partial charge in [-0.1, -0.05) is 80.6 Å². The summed E-state index contributed by atoms with van der Waals surface area (Å²) in [6.07, 6.45) is 7.44. The molecular weight excluding hydrogens is 546 g/mol. The van der Waals surface area contributed by atoms with Crippen LogP contribution in [0.2, 0.25) is 0 Å². The van der Waals surface area contributed by atoms with Crippen LogP contribution in [0.15, 0.2) is 90.5 Å². The molecule has 7 nitrogen and oxygen atoms in total. The number of fused-ring (bicyclic) bond motifs is 2. The average Bonchev–Trinajstić information content (AvgIpc) is 3.33. The first kappa shape index (κ1) is 30.1. The van der Waals surface area contributed by atoms with Crippen molar-refractivity contribution in [1.29, 1.82) is 0 Å². The summed E-state index contributed by atoms with van der Waals surface area (Å²) in [6, 6.07) is 22.6. The molecule has 0 saturated carbocycles. The predicted octanol–water partition coefficient (Wildman–Crippen LogP) is 5.40. The third-order valence-corrected chi connectivity index (χ3v) is 9.41. The van der Waals surface area contributed by atoms with Crippen LogP contribution in [-0.4, -0.2) is 84.4 Å². The fraction of sp³-hybridized carbons (Fsp3) is 0.405. The van der Waals surface area contributed by atoms with E-state index < -0.39 is 0 Å². The maximum atomic E-state index is 14.3. The van der Waals surface area contributed by atoms with Gasteiger partial charge in [0.25, 0.3) is 11.8 Å². The zero-order valence-corrected chi connectivity index (χ0v) is 26.6. The minimum atomic E-state index is -0.220. The molecule has 230 valence electrons. The van der Waals surface area contributed by atoms with Crippen LogP contribution in [0.4, 0.5) is 5.69 Å². The molecule has 6 rings (SSSR count). The molecule has 2 aromatic carbocycles. The van der Waals surface area contributed by atoms with Crippen molar-refractivity contribution in [2.45, 2.75) is 39.3 Å². The van der Waals surface area contributed by atoms with Crippen molar-refractivity contribution in [2.75, 3.05) is 58.3 Å². The fourth-order valence-electron chi connectivity index (χ4n) is 6.95. The molecule has 1 atom stereocenters. The Balaban J connectivity index is 1.21. The van der Waals surface area contributed by atoms with Gasteiger partial charge in [0, 0.05) is 49.1 Å². The largest absolute Gasteiger partial charge is 0.335 e. The van der Waals surface area contributed by atoms with Crippen LogP contribution >= 0.6 is 0 Å². The van der Waals surface area contributed by atoms with Crippen molar-refractivity contribution in [3.05, 3.63) is 113 Å². The number of aromatic nitrogens is 1. The Morgan fingerprint density at radius 3 is 2.32 bits per heavy atom. The van der Waals surface area contributed by atoms with Gasteiger partial charge < -0.3 is 19.3 Å². The van der Waals surface area contributed by atoms with Gasteiger partial charge in [-0.15, -0.1) is 0 Å².